The smallest absolute Gasteiger partial charge is 0.0510 e. The first kappa shape index (κ1) is 7.30. The molecule has 4 heteroatoms. The van der Waals surface area contributed by atoms with Gasteiger partial charge in [-0.2, -0.15) is 9.89 Å². The Balaban J connectivity index is 0.000000490. The summed E-state index contributed by atoms with van der Waals surface area (Å²) < 4.78 is 0. The highest BCUT2D eigenvalue weighted by atomic mass is 35.5. The molecule has 0 bridgehead atoms. The average Bonchev–Trinajstić information content (AvgIpc) is 2.14. The molecule has 1 aromatic rings. The Bertz CT molecular complexity index is 126. The first-order valence-electron chi connectivity index (χ1n) is 2.11. The Labute approximate surface area is 54.1 Å². The quantitative estimate of drug-likeness (QED) is 0.604. The number of rotatable bonds is 1. The van der Waals surface area contributed by atoms with E-state index in [1.807, 2.05) is 19.3 Å². The van der Waals surface area contributed by atoms with Crippen molar-refractivity contribution in [2.75, 3.05) is 12.5 Å². The van der Waals surface area contributed by atoms with E-state index in [-0.39, 0.29) is 12.4 Å². The van der Waals surface area contributed by atoms with E-state index in [1.54, 1.807) is 11.0 Å². The molecule has 0 aromatic carbocycles. The van der Waals surface area contributed by atoms with Crippen LogP contribution in [0, 0.1) is 0 Å². The van der Waals surface area contributed by atoms with Crippen molar-refractivity contribution in [1.29, 1.82) is 0 Å². The van der Waals surface area contributed by atoms with Gasteiger partial charge in [-0.3, -0.25) is 0 Å². The van der Waals surface area contributed by atoms with Crippen LogP contribution in [-0.4, -0.2) is 16.9 Å². The number of hydrogen-bond acceptors (Lipinski definition) is 2. The summed E-state index contributed by atoms with van der Waals surface area (Å²) in [6, 6.07) is 1.86. The van der Waals surface area contributed by atoms with E-state index >= 15 is 0 Å². The van der Waals surface area contributed by atoms with Gasteiger partial charge in [0, 0.05) is 13.2 Å². The molecular formula is C4H8ClN3. The highest BCUT2D eigenvalue weighted by Gasteiger charge is 1.75. The summed E-state index contributed by atoms with van der Waals surface area (Å²) in [7, 11) is 1.81. The van der Waals surface area contributed by atoms with Crippen LogP contribution in [0.25, 0.3) is 0 Å². The molecule has 0 aliphatic carbocycles. The fourth-order valence-corrected chi connectivity index (χ4v) is 0.401. The molecule has 0 amide bonds. The molecule has 0 radical (unpaired) electrons. The molecule has 1 aromatic heterocycles. The van der Waals surface area contributed by atoms with Crippen LogP contribution < -0.4 is 5.43 Å². The lowest BCUT2D eigenvalue weighted by molar-refractivity contribution is 0.782. The Morgan fingerprint density at radius 2 is 2.38 bits per heavy atom. The monoisotopic (exact) mass is 133 g/mol. The summed E-state index contributed by atoms with van der Waals surface area (Å²) in [6.07, 6.45) is 3.55. The van der Waals surface area contributed by atoms with Crippen LogP contribution in [-0.2, 0) is 0 Å². The van der Waals surface area contributed by atoms with Gasteiger partial charge in [0.05, 0.1) is 6.20 Å². The molecule has 0 aliphatic heterocycles. The lowest BCUT2D eigenvalue weighted by Gasteiger charge is -1.92. The summed E-state index contributed by atoms with van der Waals surface area (Å²) in [5.41, 5.74) is 2.81. The summed E-state index contributed by atoms with van der Waals surface area (Å²) in [5.74, 6) is 0. The molecule has 0 fully saturated rings. The van der Waals surface area contributed by atoms with Gasteiger partial charge in [-0.1, -0.05) is 0 Å². The zero-order valence-electron chi connectivity index (χ0n) is 4.53. The van der Waals surface area contributed by atoms with Gasteiger partial charge in [-0.05, 0) is 6.07 Å². The molecule has 46 valence electrons. The first-order chi connectivity index (χ1) is 3.43. The standard InChI is InChI=1S/C4H7N3.ClH/c1-5-7-4-2-3-6-7;/h2-5H,1H3;1H. The maximum Gasteiger partial charge on any atom is 0.0510 e. The van der Waals surface area contributed by atoms with Crippen LogP contribution in [0.1, 0.15) is 0 Å². The van der Waals surface area contributed by atoms with Crippen LogP contribution in [0.2, 0.25) is 0 Å². The molecule has 0 aliphatic rings. The van der Waals surface area contributed by atoms with E-state index < -0.39 is 0 Å². The van der Waals surface area contributed by atoms with Crippen molar-refractivity contribution in [3.63, 3.8) is 0 Å². The lowest BCUT2D eigenvalue weighted by Crippen LogP contribution is -2.07. The number of halogens is 1. The number of hydrogen-bond donors (Lipinski definition) is 1. The van der Waals surface area contributed by atoms with Crippen molar-refractivity contribution < 1.29 is 0 Å². The van der Waals surface area contributed by atoms with E-state index in [0.29, 0.717) is 0 Å². The molecule has 0 saturated carbocycles. The van der Waals surface area contributed by atoms with Crippen molar-refractivity contribution in [2.45, 2.75) is 0 Å². The lowest BCUT2D eigenvalue weighted by atomic mass is 10.8. The van der Waals surface area contributed by atoms with Crippen molar-refractivity contribution in [3.05, 3.63) is 18.5 Å². The van der Waals surface area contributed by atoms with E-state index in [2.05, 4.69) is 10.5 Å². The summed E-state index contributed by atoms with van der Waals surface area (Å²) in [6.45, 7) is 0. The van der Waals surface area contributed by atoms with Gasteiger partial charge in [-0.25, -0.2) is 0 Å². The second-order valence-corrected chi connectivity index (χ2v) is 1.17. The topological polar surface area (TPSA) is 29.9 Å². The van der Waals surface area contributed by atoms with Gasteiger partial charge in [-0.15, -0.1) is 12.4 Å². The zero-order valence-corrected chi connectivity index (χ0v) is 5.35. The van der Waals surface area contributed by atoms with E-state index in [4.69, 9.17) is 0 Å². The third-order valence-corrected chi connectivity index (χ3v) is 0.734. The van der Waals surface area contributed by atoms with Crippen LogP contribution in [0.3, 0.4) is 0 Å². The third-order valence-electron chi connectivity index (χ3n) is 0.734. The maximum atomic E-state index is 3.84. The number of aromatic nitrogens is 2. The van der Waals surface area contributed by atoms with Gasteiger partial charge in [0.15, 0.2) is 0 Å². The predicted octanol–water partition coefficient (Wildman–Crippen LogP) is 0.478. The first-order valence-corrected chi connectivity index (χ1v) is 2.11. The molecule has 1 N–H and O–H groups in total. The Morgan fingerprint density at radius 3 is 2.62 bits per heavy atom. The van der Waals surface area contributed by atoms with E-state index in [0.717, 1.165) is 0 Å². The molecule has 0 atom stereocenters. The minimum atomic E-state index is 0. The SMILES string of the molecule is CNn1cccn1.Cl. The van der Waals surface area contributed by atoms with Gasteiger partial charge in [0.2, 0.25) is 0 Å². The molecule has 8 heavy (non-hydrogen) atoms. The van der Waals surface area contributed by atoms with Crippen LogP contribution >= 0.6 is 12.4 Å². The summed E-state index contributed by atoms with van der Waals surface area (Å²) >= 11 is 0. The average molecular weight is 134 g/mol. The van der Waals surface area contributed by atoms with Gasteiger partial charge < -0.3 is 5.43 Å². The molecule has 0 unspecified atom stereocenters. The molecule has 1 heterocycles. The van der Waals surface area contributed by atoms with Gasteiger partial charge >= 0.3 is 0 Å². The Morgan fingerprint density at radius 1 is 1.62 bits per heavy atom. The molecule has 3 nitrogen and oxygen atoms in total. The van der Waals surface area contributed by atoms with Crippen molar-refractivity contribution >= 4 is 12.4 Å². The van der Waals surface area contributed by atoms with Crippen molar-refractivity contribution in [2.24, 2.45) is 0 Å². The highest BCUT2D eigenvalue weighted by Crippen LogP contribution is 1.74. The minimum absolute atomic E-state index is 0. The molecule has 0 spiro atoms. The van der Waals surface area contributed by atoms with Crippen LogP contribution in [0.4, 0.5) is 0 Å². The van der Waals surface area contributed by atoms with Crippen molar-refractivity contribution in [3.8, 4) is 0 Å². The predicted molar refractivity (Wildman–Crippen MR) is 34.8 cm³/mol. The second kappa shape index (κ2) is 3.32. The van der Waals surface area contributed by atoms with E-state index in [1.165, 1.54) is 0 Å². The van der Waals surface area contributed by atoms with Gasteiger partial charge in [0.1, 0.15) is 0 Å². The van der Waals surface area contributed by atoms with Crippen LogP contribution in [0.15, 0.2) is 18.5 Å². The Hall–Kier alpha value is -0.700. The largest absolute Gasteiger partial charge is 0.313 e. The fourth-order valence-electron chi connectivity index (χ4n) is 0.401. The number of nitrogens with zero attached hydrogens (tertiary/aromatic N) is 2. The fraction of sp³-hybridized carbons (Fsp3) is 0.250. The number of nitrogens with one attached hydrogen (secondary N) is 1. The summed E-state index contributed by atoms with van der Waals surface area (Å²) in [4.78, 5) is 1.62. The van der Waals surface area contributed by atoms with E-state index in [9.17, 15) is 0 Å². The van der Waals surface area contributed by atoms with Crippen molar-refractivity contribution in [1.82, 2.24) is 9.89 Å². The van der Waals surface area contributed by atoms with Gasteiger partial charge in [0.25, 0.3) is 0 Å². The van der Waals surface area contributed by atoms with Crippen LogP contribution in [0.5, 0.6) is 0 Å². The Kier molecular flexibility index (Phi) is 3.03. The molecule has 0 saturated heterocycles. The normalized spacial score (nSPS) is 7.62. The molecular weight excluding hydrogens is 126 g/mol. The maximum absolute atomic E-state index is 3.84. The second-order valence-electron chi connectivity index (χ2n) is 1.17. The third kappa shape index (κ3) is 1.42. The summed E-state index contributed by atoms with van der Waals surface area (Å²) in [5, 5.41) is 3.84. The zero-order chi connectivity index (χ0) is 5.11. The minimum Gasteiger partial charge on any atom is -0.313 e. The highest BCUT2D eigenvalue weighted by molar-refractivity contribution is 5.85. The molecule has 1 rings (SSSR count).